The molecule has 0 aromatic carbocycles. The molecule has 0 bridgehead atoms. The molecule has 1 aliphatic rings. The second-order valence-electron chi connectivity index (χ2n) is 4.73. The van der Waals surface area contributed by atoms with Gasteiger partial charge in [0.2, 0.25) is 11.8 Å². The first-order chi connectivity index (χ1) is 9.08. The van der Waals surface area contributed by atoms with Crippen LogP contribution in [0, 0.1) is 0 Å². The van der Waals surface area contributed by atoms with Crippen LogP contribution < -0.4 is 11.1 Å². The zero-order valence-corrected chi connectivity index (χ0v) is 11.4. The van der Waals surface area contributed by atoms with Crippen molar-refractivity contribution in [2.45, 2.75) is 31.3 Å². The molecule has 0 radical (unpaired) electrons. The summed E-state index contributed by atoms with van der Waals surface area (Å²) in [6, 6.07) is -0.444. The van der Waals surface area contributed by atoms with Crippen molar-refractivity contribution in [1.29, 1.82) is 0 Å². The summed E-state index contributed by atoms with van der Waals surface area (Å²) in [4.78, 5) is 25.1. The molecule has 2 amide bonds. The van der Waals surface area contributed by atoms with Crippen molar-refractivity contribution in [3.05, 3.63) is 12.7 Å². The van der Waals surface area contributed by atoms with Gasteiger partial charge in [0.25, 0.3) is 0 Å². The minimum absolute atomic E-state index is 0.00404. The van der Waals surface area contributed by atoms with Gasteiger partial charge in [-0.25, -0.2) is 0 Å². The van der Waals surface area contributed by atoms with Crippen molar-refractivity contribution >= 4 is 11.8 Å². The van der Waals surface area contributed by atoms with E-state index in [1.54, 1.807) is 11.0 Å². The van der Waals surface area contributed by atoms with E-state index in [9.17, 15) is 9.59 Å². The molecular formula is C13H23N3O3. The van der Waals surface area contributed by atoms with Gasteiger partial charge in [-0.1, -0.05) is 6.08 Å². The van der Waals surface area contributed by atoms with Gasteiger partial charge in [0.1, 0.15) is 6.61 Å². The van der Waals surface area contributed by atoms with Gasteiger partial charge in [0, 0.05) is 26.2 Å². The van der Waals surface area contributed by atoms with E-state index in [0.717, 1.165) is 12.8 Å². The van der Waals surface area contributed by atoms with Gasteiger partial charge in [0.15, 0.2) is 0 Å². The highest BCUT2D eigenvalue weighted by Crippen LogP contribution is 2.11. The summed E-state index contributed by atoms with van der Waals surface area (Å²) < 4.78 is 4.82. The number of likely N-dealkylation sites (tertiary alicyclic amines) is 1. The van der Waals surface area contributed by atoms with Gasteiger partial charge in [-0.2, -0.15) is 0 Å². The highest BCUT2D eigenvalue weighted by atomic mass is 16.5. The molecule has 1 atom stereocenters. The summed E-state index contributed by atoms with van der Waals surface area (Å²) in [6.07, 6.45) is 3.61. The third kappa shape index (κ3) is 5.00. The molecule has 6 heteroatoms. The summed E-state index contributed by atoms with van der Waals surface area (Å²) in [7, 11) is 1.51. The molecule has 0 aromatic heterocycles. The standard InChI is InChI=1S/C13H23N3O3/c1-3-4-11(14)13(18)15-10-5-7-16(8-6-10)12(17)9-19-2/h3,10-11H,1,4-9,14H2,2H3,(H,15,18). The molecule has 1 rings (SSSR count). The second-order valence-corrected chi connectivity index (χ2v) is 4.73. The van der Waals surface area contributed by atoms with Crippen LogP contribution in [0.4, 0.5) is 0 Å². The molecule has 1 heterocycles. The van der Waals surface area contributed by atoms with Crippen LogP contribution in [0.5, 0.6) is 0 Å². The summed E-state index contributed by atoms with van der Waals surface area (Å²) in [5.41, 5.74) is 5.70. The Morgan fingerprint density at radius 1 is 1.53 bits per heavy atom. The van der Waals surface area contributed by atoms with Gasteiger partial charge >= 0.3 is 0 Å². The van der Waals surface area contributed by atoms with Crippen LogP contribution >= 0.6 is 0 Å². The third-order valence-corrected chi connectivity index (χ3v) is 3.22. The lowest BCUT2D eigenvalue weighted by Gasteiger charge is -2.32. The average molecular weight is 269 g/mol. The number of hydrogen-bond donors (Lipinski definition) is 2. The Morgan fingerprint density at radius 2 is 2.16 bits per heavy atom. The zero-order chi connectivity index (χ0) is 14.3. The Balaban J connectivity index is 2.32. The SMILES string of the molecule is C=CCC(N)C(=O)NC1CCN(C(=O)COC)CC1. The molecule has 1 saturated heterocycles. The molecule has 0 spiro atoms. The number of carbonyl (C=O) groups excluding carboxylic acids is 2. The fourth-order valence-corrected chi connectivity index (χ4v) is 2.08. The van der Waals surface area contributed by atoms with E-state index in [1.165, 1.54) is 7.11 Å². The predicted octanol–water partition coefficient (Wildman–Crippen LogP) is -0.357. The minimum Gasteiger partial charge on any atom is -0.375 e. The third-order valence-electron chi connectivity index (χ3n) is 3.22. The Morgan fingerprint density at radius 3 is 2.68 bits per heavy atom. The number of rotatable bonds is 6. The van der Waals surface area contributed by atoms with Crippen molar-refractivity contribution < 1.29 is 14.3 Å². The first-order valence-electron chi connectivity index (χ1n) is 6.52. The van der Waals surface area contributed by atoms with Crippen LogP contribution in [-0.4, -0.2) is 55.6 Å². The number of methoxy groups -OCH3 is 1. The second kappa shape index (κ2) is 7.91. The van der Waals surface area contributed by atoms with Crippen LogP contribution in [0.15, 0.2) is 12.7 Å². The van der Waals surface area contributed by atoms with Crippen LogP contribution in [0.2, 0.25) is 0 Å². The molecule has 108 valence electrons. The molecular weight excluding hydrogens is 246 g/mol. The van der Waals surface area contributed by atoms with Crippen molar-refractivity contribution in [2.24, 2.45) is 5.73 Å². The van der Waals surface area contributed by atoms with E-state index in [1.807, 2.05) is 0 Å². The lowest BCUT2D eigenvalue weighted by Crippen LogP contribution is -2.50. The highest BCUT2D eigenvalue weighted by molar-refractivity contribution is 5.82. The number of nitrogens with zero attached hydrogens (tertiary/aromatic N) is 1. The van der Waals surface area contributed by atoms with Gasteiger partial charge in [-0.05, 0) is 19.3 Å². The summed E-state index contributed by atoms with van der Waals surface area (Å²) in [6.45, 7) is 4.96. The topological polar surface area (TPSA) is 84.7 Å². The van der Waals surface area contributed by atoms with Crippen LogP contribution in [0.25, 0.3) is 0 Å². The maximum atomic E-state index is 11.7. The van der Waals surface area contributed by atoms with Crippen molar-refractivity contribution in [3.63, 3.8) is 0 Å². The number of piperidine rings is 1. The Labute approximate surface area is 114 Å². The van der Waals surface area contributed by atoms with Crippen molar-refractivity contribution in [3.8, 4) is 0 Å². The summed E-state index contributed by atoms with van der Waals surface area (Å²) in [5.74, 6) is -0.155. The molecule has 6 nitrogen and oxygen atoms in total. The lowest BCUT2D eigenvalue weighted by molar-refractivity contribution is -0.136. The monoisotopic (exact) mass is 269 g/mol. The number of amides is 2. The van der Waals surface area contributed by atoms with Crippen LogP contribution in [0.1, 0.15) is 19.3 Å². The first kappa shape index (κ1) is 15.7. The summed E-state index contributed by atoms with van der Waals surface area (Å²) in [5, 5.41) is 2.91. The van der Waals surface area contributed by atoms with Crippen LogP contribution in [-0.2, 0) is 14.3 Å². The zero-order valence-electron chi connectivity index (χ0n) is 11.4. The van der Waals surface area contributed by atoms with Crippen LogP contribution in [0.3, 0.4) is 0 Å². The Bertz CT molecular complexity index is 325. The summed E-state index contributed by atoms with van der Waals surface area (Å²) >= 11 is 0. The first-order valence-corrected chi connectivity index (χ1v) is 6.52. The van der Waals surface area contributed by atoms with E-state index < -0.39 is 6.04 Å². The van der Waals surface area contributed by atoms with Gasteiger partial charge in [-0.3, -0.25) is 9.59 Å². The molecule has 0 aliphatic carbocycles. The Hall–Kier alpha value is -1.40. The number of nitrogens with one attached hydrogen (secondary N) is 1. The molecule has 1 aliphatic heterocycles. The lowest BCUT2D eigenvalue weighted by atomic mass is 10.0. The largest absolute Gasteiger partial charge is 0.375 e. The normalized spacial score (nSPS) is 17.9. The molecule has 19 heavy (non-hydrogen) atoms. The average Bonchev–Trinajstić information content (AvgIpc) is 2.40. The maximum Gasteiger partial charge on any atom is 0.248 e. The molecule has 0 saturated carbocycles. The van der Waals surface area contributed by atoms with E-state index >= 15 is 0 Å². The van der Waals surface area contributed by atoms with E-state index in [2.05, 4.69) is 11.9 Å². The number of nitrogens with two attached hydrogens (primary N) is 1. The molecule has 0 aromatic rings. The number of carbonyl (C=O) groups is 2. The van der Waals surface area contributed by atoms with Gasteiger partial charge in [-0.15, -0.1) is 6.58 Å². The van der Waals surface area contributed by atoms with E-state index in [4.69, 9.17) is 10.5 Å². The van der Waals surface area contributed by atoms with E-state index in [0.29, 0.717) is 19.5 Å². The fourth-order valence-electron chi connectivity index (χ4n) is 2.08. The molecule has 1 unspecified atom stereocenters. The smallest absolute Gasteiger partial charge is 0.248 e. The minimum atomic E-state index is -0.536. The molecule has 3 N–H and O–H groups in total. The van der Waals surface area contributed by atoms with Gasteiger partial charge in [0.05, 0.1) is 6.04 Å². The van der Waals surface area contributed by atoms with Gasteiger partial charge < -0.3 is 20.7 Å². The Kier molecular flexibility index (Phi) is 6.52. The molecule has 1 fully saturated rings. The quantitative estimate of drug-likeness (QED) is 0.645. The van der Waals surface area contributed by atoms with Crippen molar-refractivity contribution in [2.75, 3.05) is 26.8 Å². The predicted molar refractivity (Wildman–Crippen MR) is 72.4 cm³/mol. The fraction of sp³-hybridized carbons (Fsp3) is 0.692. The van der Waals surface area contributed by atoms with E-state index in [-0.39, 0.29) is 24.5 Å². The number of ether oxygens (including phenoxy) is 1. The maximum absolute atomic E-state index is 11.7. The highest BCUT2D eigenvalue weighted by Gasteiger charge is 2.24. The number of hydrogen-bond acceptors (Lipinski definition) is 4. The van der Waals surface area contributed by atoms with Crippen molar-refractivity contribution in [1.82, 2.24) is 10.2 Å².